The van der Waals surface area contributed by atoms with E-state index in [2.05, 4.69) is 10.3 Å². The highest BCUT2D eigenvalue weighted by Crippen LogP contribution is 2.35. The van der Waals surface area contributed by atoms with E-state index in [4.69, 9.17) is 11.6 Å². The van der Waals surface area contributed by atoms with Gasteiger partial charge in [-0.2, -0.15) is 0 Å². The van der Waals surface area contributed by atoms with E-state index >= 15 is 0 Å². The second kappa shape index (κ2) is 4.02. The van der Waals surface area contributed by atoms with Crippen molar-refractivity contribution in [3.8, 4) is 0 Å². The molecule has 2 aromatic rings. The van der Waals surface area contributed by atoms with Crippen LogP contribution in [0.4, 0.5) is 0 Å². The number of piperidine rings is 1. The normalized spacial score (nSPS) is 19.6. The van der Waals surface area contributed by atoms with Crippen LogP contribution in [0.5, 0.6) is 0 Å². The van der Waals surface area contributed by atoms with Crippen molar-refractivity contribution in [2.24, 2.45) is 0 Å². The summed E-state index contributed by atoms with van der Waals surface area (Å²) in [6.07, 6.45) is 3.41. The molecule has 90 valence electrons. The highest BCUT2D eigenvalue weighted by molar-refractivity contribution is 6.31. The van der Waals surface area contributed by atoms with Crippen molar-refractivity contribution in [2.75, 3.05) is 13.1 Å². The van der Waals surface area contributed by atoms with Crippen molar-refractivity contribution in [3.63, 3.8) is 0 Å². The van der Waals surface area contributed by atoms with Gasteiger partial charge in [0, 0.05) is 27.7 Å². The van der Waals surface area contributed by atoms with Gasteiger partial charge < -0.3 is 15.4 Å². The molecule has 0 bridgehead atoms. The van der Waals surface area contributed by atoms with Crippen molar-refractivity contribution >= 4 is 22.5 Å². The molecule has 0 unspecified atom stereocenters. The summed E-state index contributed by atoms with van der Waals surface area (Å²) in [5, 5.41) is 15.8. The Morgan fingerprint density at radius 3 is 2.76 bits per heavy atom. The zero-order valence-corrected chi connectivity index (χ0v) is 10.2. The molecule has 2 heterocycles. The van der Waals surface area contributed by atoms with E-state index in [1.54, 1.807) is 0 Å². The van der Waals surface area contributed by atoms with E-state index in [-0.39, 0.29) is 0 Å². The Kier molecular flexibility index (Phi) is 2.62. The van der Waals surface area contributed by atoms with E-state index < -0.39 is 5.60 Å². The maximum Gasteiger partial charge on any atom is 0.0941 e. The molecule has 1 aliphatic heterocycles. The fourth-order valence-corrected chi connectivity index (χ4v) is 2.77. The molecule has 0 radical (unpaired) electrons. The number of fused-ring (bicyclic) bond motifs is 1. The summed E-state index contributed by atoms with van der Waals surface area (Å²) in [4.78, 5) is 3.19. The molecule has 17 heavy (non-hydrogen) atoms. The number of rotatable bonds is 1. The number of aromatic amines is 1. The molecule has 0 aliphatic carbocycles. The van der Waals surface area contributed by atoms with Gasteiger partial charge >= 0.3 is 0 Å². The molecule has 3 N–H and O–H groups in total. The first kappa shape index (κ1) is 11.1. The molecule has 1 fully saturated rings. The lowest BCUT2D eigenvalue weighted by molar-refractivity contribution is 0.00735. The van der Waals surface area contributed by atoms with Crippen LogP contribution in [0, 0.1) is 0 Å². The average Bonchev–Trinajstić information content (AvgIpc) is 2.73. The largest absolute Gasteiger partial charge is 0.385 e. The molecule has 1 aromatic heterocycles. The number of H-pyrrole nitrogens is 1. The van der Waals surface area contributed by atoms with Crippen LogP contribution in [0.25, 0.3) is 10.9 Å². The van der Waals surface area contributed by atoms with Crippen LogP contribution in [0.1, 0.15) is 18.4 Å². The number of nitrogens with one attached hydrogen (secondary N) is 2. The van der Waals surface area contributed by atoms with E-state index in [1.807, 2.05) is 24.4 Å². The lowest BCUT2D eigenvalue weighted by Crippen LogP contribution is -2.39. The van der Waals surface area contributed by atoms with Crippen molar-refractivity contribution in [2.45, 2.75) is 18.4 Å². The van der Waals surface area contributed by atoms with Crippen molar-refractivity contribution in [1.29, 1.82) is 0 Å². The maximum atomic E-state index is 10.7. The Labute approximate surface area is 105 Å². The minimum absolute atomic E-state index is 0.711. The standard InChI is InChI=1S/C13H15ClN2O/c14-9-1-2-10-11(8-16-12(10)7-9)13(17)3-5-15-6-4-13/h1-2,7-8,15-17H,3-6H2. The van der Waals surface area contributed by atoms with Gasteiger partial charge in [-0.3, -0.25) is 0 Å². The van der Waals surface area contributed by atoms with E-state index in [9.17, 15) is 5.11 Å². The molecule has 3 nitrogen and oxygen atoms in total. The Morgan fingerprint density at radius 1 is 1.24 bits per heavy atom. The first-order valence-electron chi connectivity index (χ1n) is 5.89. The molecular weight excluding hydrogens is 236 g/mol. The van der Waals surface area contributed by atoms with Crippen molar-refractivity contribution in [3.05, 3.63) is 35.0 Å². The molecule has 0 spiro atoms. The zero-order chi connectivity index (χ0) is 11.9. The maximum absolute atomic E-state index is 10.7. The number of aromatic nitrogens is 1. The quantitative estimate of drug-likeness (QED) is 0.728. The van der Waals surface area contributed by atoms with Crippen LogP contribution < -0.4 is 5.32 Å². The van der Waals surface area contributed by atoms with E-state index in [1.165, 1.54) is 0 Å². The van der Waals surface area contributed by atoms with Crippen LogP contribution in [-0.4, -0.2) is 23.2 Å². The topological polar surface area (TPSA) is 48.0 Å². The molecule has 4 heteroatoms. The first-order valence-corrected chi connectivity index (χ1v) is 6.27. The number of halogens is 1. The molecule has 0 atom stereocenters. The first-order chi connectivity index (χ1) is 8.19. The van der Waals surface area contributed by atoms with Crippen LogP contribution in [0.15, 0.2) is 24.4 Å². The Morgan fingerprint density at radius 2 is 2.00 bits per heavy atom. The van der Waals surface area contributed by atoms with Gasteiger partial charge in [0.1, 0.15) is 0 Å². The third kappa shape index (κ3) is 1.84. The van der Waals surface area contributed by atoms with E-state index in [0.717, 1.165) is 42.4 Å². The van der Waals surface area contributed by atoms with Gasteiger partial charge in [-0.25, -0.2) is 0 Å². The number of aliphatic hydroxyl groups is 1. The zero-order valence-electron chi connectivity index (χ0n) is 9.46. The minimum Gasteiger partial charge on any atom is -0.385 e. The van der Waals surface area contributed by atoms with Crippen LogP contribution in [0.2, 0.25) is 5.02 Å². The molecule has 0 saturated carbocycles. The van der Waals surface area contributed by atoms with Gasteiger partial charge in [0.25, 0.3) is 0 Å². The van der Waals surface area contributed by atoms with Crippen LogP contribution in [-0.2, 0) is 5.60 Å². The number of benzene rings is 1. The Hall–Kier alpha value is -1.03. The second-order valence-corrected chi connectivity index (χ2v) is 5.11. The van der Waals surface area contributed by atoms with Crippen LogP contribution in [0.3, 0.4) is 0 Å². The lowest BCUT2D eigenvalue weighted by Gasteiger charge is -2.32. The van der Waals surface area contributed by atoms with Gasteiger partial charge in [-0.1, -0.05) is 17.7 Å². The summed E-state index contributed by atoms with van der Waals surface area (Å²) < 4.78 is 0. The molecule has 3 rings (SSSR count). The van der Waals surface area contributed by atoms with Gasteiger partial charge in [-0.05, 0) is 38.1 Å². The molecular formula is C13H15ClN2O. The summed E-state index contributed by atoms with van der Waals surface area (Å²) >= 11 is 5.96. The fraction of sp³-hybridized carbons (Fsp3) is 0.385. The number of hydrogen-bond donors (Lipinski definition) is 3. The highest BCUT2D eigenvalue weighted by atomic mass is 35.5. The smallest absolute Gasteiger partial charge is 0.0941 e. The third-order valence-corrected chi connectivity index (χ3v) is 3.81. The Bertz CT molecular complexity index is 543. The molecule has 1 aromatic carbocycles. The van der Waals surface area contributed by atoms with Gasteiger partial charge in [0.05, 0.1) is 5.60 Å². The van der Waals surface area contributed by atoms with Crippen molar-refractivity contribution in [1.82, 2.24) is 10.3 Å². The van der Waals surface area contributed by atoms with E-state index in [0.29, 0.717) is 5.02 Å². The van der Waals surface area contributed by atoms with Crippen molar-refractivity contribution < 1.29 is 5.11 Å². The van der Waals surface area contributed by atoms with Gasteiger partial charge in [-0.15, -0.1) is 0 Å². The fourth-order valence-electron chi connectivity index (χ4n) is 2.59. The predicted molar refractivity (Wildman–Crippen MR) is 69.3 cm³/mol. The molecule has 0 amide bonds. The summed E-state index contributed by atoms with van der Waals surface area (Å²) in [7, 11) is 0. The van der Waals surface area contributed by atoms with Crippen LogP contribution >= 0.6 is 11.6 Å². The average molecular weight is 251 g/mol. The summed E-state index contributed by atoms with van der Waals surface area (Å²) in [5.41, 5.74) is 1.27. The monoisotopic (exact) mass is 250 g/mol. The second-order valence-electron chi connectivity index (χ2n) is 4.67. The third-order valence-electron chi connectivity index (χ3n) is 3.58. The molecule has 1 aliphatic rings. The summed E-state index contributed by atoms with van der Waals surface area (Å²) in [5.74, 6) is 0. The van der Waals surface area contributed by atoms with Gasteiger partial charge in [0.2, 0.25) is 0 Å². The molecule has 1 saturated heterocycles. The predicted octanol–water partition coefficient (Wildman–Crippen LogP) is 2.39. The highest BCUT2D eigenvalue weighted by Gasteiger charge is 2.33. The lowest BCUT2D eigenvalue weighted by atomic mass is 9.85. The van der Waals surface area contributed by atoms with Gasteiger partial charge in [0.15, 0.2) is 0 Å². The number of hydrogen-bond acceptors (Lipinski definition) is 2. The minimum atomic E-state index is -0.711. The Balaban J connectivity index is 2.10. The summed E-state index contributed by atoms with van der Waals surface area (Å²) in [6, 6.07) is 5.74. The summed E-state index contributed by atoms with van der Waals surface area (Å²) in [6.45, 7) is 1.72. The SMILES string of the molecule is OC1(c2c[nH]c3cc(Cl)ccc23)CCNCC1.